The third kappa shape index (κ3) is 2.84. The zero-order valence-corrected chi connectivity index (χ0v) is 12.1. The van der Waals surface area contributed by atoms with Gasteiger partial charge in [0.05, 0.1) is 28.9 Å². The SMILES string of the molecule is Clc1cccc(NC2CCC3(CC2)OCCO3)c1Cl. The third-order valence-electron chi connectivity index (χ3n) is 3.87. The van der Waals surface area contributed by atoms with Crippen LogP contribution >= 0.6 is 23.2 Å². The standard InChI is InChI=1S/C14H17Cl2NO2/c15-11-2-1-3-12(13(11)16)17-10-4-6-14(7-5-10)18-8-9-19-14/h1-3,10,17H,4-9H2. The van der Waals surface area contributed by atoms with Gasteiger partial charge in [0.2, 0.25) is 0 Å². The van der Waals surface area contributed by atoms with E-state index in [1.54, 1.807) is 6.07 Å². The normalized spacial score (nSPS) is 22.8. The van der Waals surface area contributed by atoms with Crippen LogP contribution < -0.4 is 5.32 Å². The molecule has 19 heavy (non-hydrogen) atoms. The lowest BCUT2D eigenvalue weighted by Gasteiger charge is -2.36. The van der Waals surface area contributed by atoms with Gasteiger partial charge in [-0.15, -0.1) is 0 Å². The Labute approximate surface area is 123 Å². The molecule has 1 heterocycles. The predicted octanol–water partition coefficient (Wildman–Crippen LogP) is 4.09. The molecule has 5 heteroatoms. The molecule has 1 aromatic carbocycles. The molecule has 1 aliphatic heterocycles. The Hall–Kier alpha value is -0.480. The smallest absolute Gasteiger partial charge is 0.168 e. The molecular weight excluding hydrogens is 285 g/mol. The fraction of sp³-hybridized carbons (Fsp3) is 0.571. The quantitative estimate of drug-likeness (QED) is 0.892. The van der Waals surface area contributed by atoms with Gasteiger partial charge >= 0.3 is 0 Å². The number of hydrogen-bond acceptors (Lipinski definition) is 3. The molecule has 1 saturated carbocycles. The lowest BCUT2D eigenvalue weighted by atomic mass is 9.90. The maximum atomic E-state index is 6.19. The Morgan fingerprint density at radius 1 is 1.11 bits per heavy atom. The molecule has 1 aromatic rings. The highest BCUT2D eigenvalue weighted by Gasteiger charge is 2.40. The van der Waals surface area contributed by atoms with E-state index < -0.39 is 0 Å². The van der Waals surface area contributed by atoms with Crippen molar-refractivity contribution < 1.29 is 9.47 Å². The number of benzene rings is 1. The lowest BCUT2D eigenvalue weighted by Crippen LogP contribution is -2.39. The second kappa shape index (κ2) is 5.49. The minimum atomic E-state index is -0.309. The Kier molecular flexibility index (Phi) is 3.90. The van der Waals surface area contributed by atoms with Crippen LogP contribution in [0.2, 0.25) is 10.0 Å². The second-order valence-corrected chi connectivity index (χ2v) is 5.91. The van der Waals surface area contributed by atoms with E-state index >= 15 is 0 Å². The van der Waals surface area contributed by atoms with Crippen molar-refractivity contribution in [3.05, 3.63) is 28.2 Å². The van der Waals surface area contributed by atoms with Crippen molar-refractivity contribution >= 4 is 28.9 Å². The van der Waals surface area contributed by atoms with E-state index in [0.29, 0.717) is 16.1 Å². The average Bonchev–Trinajstić information content (AvgIpc) is 2.86. The van der Waals surface area contributed by atoms with Crippen LogP contribution in [0, 0.1) is 0 Å². The molecule has 1 N–H and O–H groups in total. The van der Waals surface area contributed by atoms with Gasteiger partial charge in [0, 0.05) is 18.9 Å². The highest BCUT2D eigenvalue weighted by atomic mass is 35.5. The van der Waals surface area contributed by atoms with E-state index in [1.807, 2.05) is 12.1 Å². The Morgan fingerprint density at radius 2 is 1.79 bits per heavy atom. The number of halogens is 2. The van der Waals surface area contributed by atoms with Crippen LogP contribution in [0.5, 0.6) is 0 Å². The summed E-state index contributed by atoms with van der Waals surface area (Å²) < 4.78 is 11.5. The van der Waals surface area contributed by atoms with Gasteiger partial charge in [-0.2, -0.15) is 0 Å². The van der Waals surface area contributed by atoms with Crippen LogP contribution in [0.3, 0.4) is 0 Å². The van der Waals surface area contributed by atoms with Crippen LogP contribution in [-0.2, 0) is 9.47 Å². The van der Waals surface area contributed by atoms with Crippen molar-refractivity contribution in [2.75, 3.05) is 18.5 Å². The maximum Gasteiger partial charge on any atom is 0.168 e. The first-order valence-corrected chi connectivity index (χ1v) is 7.43. The molecule has 2 aliphatic rings. The predicted molar refractivity (Wildman–Crippen MR) is 77.0 cm³/mol. The number of anilines is 1. The van der Waals surface area contributed by atoms with E-state index in [-0.39, 0.29) is 5.79 Å². The van der Waals surface area contributed by atoms with Crippen molar-refractivity contribution in [1.82, 2.24) is 0 Å². The first-order valence-electron chi connectivity index (χ1n) is 6.67. The van der Waals surface area contributed by atoms with Crippen LogP contribution in [0.15, 0.2) is 18.2 Å². The summed E-state index contributed by atoms with van der Waals surface area (Å²) >= 11 is 12.2. The molecule has 1 spiro atoms. The van der Waals surface area contributed by atoms with Crippen molar-refractivity contribution in [2.45, 2.75) is 37.5 Å². The number of ether oxygens (including phenoxy) is 2. The third-order valence-corrected chi connectivity index (χ3v) is 4.69. The second-order valence-electron chi connectivity index (χ2n) is 5.13. The summed E-state index contributed by atoms with van der Waals surface area (Å²) in [7, 11) is 0. The molecule has 0 unspecified atom stereocenters. The summed E-state index contributed by atoms with van der Waals surface area (Å²) in [4.78, 5) is 0. The van der Waals surface area contributed by atoms with Gasteiger partial charge in [-0.25, -0.2) is 0 Å². The topological polar surface area (TPSA) is 30.5 Å². The molecule has 1 saturated heterocycles. The van der Waals surface area contributed by atoms with Crippen molar-refractivity contribution in [3.8, 4) is 0 Å². The van der Waals surface area contributed by atoms with Gasteiger partial charge in [-0.05, 0) is 25.0 Å². The Bertz CT molecular complexity index is 451. The summed E-state index contributed by atoms with van der Waals surface area (Å²) in [5.41, 5.74) is 0.906. The molecule has 0 atom stereocenters. The van der Waals surface area contributed by atoms with Crippen molar-refractivity contribution in [1.29, 1.82) is 0 Å². The van der Waals surface area contributed by atoms with Crippen LogP contribution in [-0.4, -0.2) is 25.0 Å². The summed E-state index contributed by atoms with van der Waals surface area (Å²) in [5.74, 6) is -0.309. The zero-order valence-electron chi connectivity index (χ0n) is 10.6. The average molecular weight is 302 g/mol. The first-order chi connectivity index (χ1) is 9.19. The molecule has 0 amide bonds. The minimum absolute atomic E-state index is 0.309. The molecule has 2 fully saturated rings. The highest BCUT2D eigenvalue weighted by Crippen LogP contribution is 2.38. The van der Waals surface area contributed by atoms with Crippen molar-refractivity contribution in [2.24, 2.45) is 0 Å². The molecule has 0 bridgehead atoms. The number of hydrogen-bond donors (Lipinski definition) is 1. The van der Waals surface area contributed by atoms with Crippen LogP contribution in [0.1, 0.15) is 25.7 Å². The Morgan fingerprint density at radius 3 is 2.47 bits per heavy atom. The highest BCUT2D eigenvalue weighted by molar-refractivity contribution is 6.43. The van der Waals surface area contributed by atoms with Gasteiger partial charge in [-0.1, -0.05) is 29.3 Å². The van der Waals surface area contributed by atoms with E-state index in [0.717, 1.165) is 44.6 Å². The molecule has 3 rings (SSSR count). The van der Waals surface area contributed by atoms with Crippen LogP contribution in [0.4, 0.5) is 5.69 Å². The van der Waals surface area contributed by atoms with Gasteiger partial charge in [0.15, 0.2) is 5.79 Å². The van der Waals surface area contributed by atoms with E-state index in [2.05, 4.69) is 5.32 Å². The van der Waals surface area contributed by atoms with Crippen LogP contribution in [0.25, 0.3) is 0 Å². The van der Waals surface area contributed by atoms with E-state index in [4.69, 9.17) is 32.7 Å². The molecule has 0 aromatic heterocycles. The van der Waals surface area contributed by atoms with Gasteiger partial charge in [0.1, 0.15) is 0 Å². The summed E-state index contributed by atoms with van der Waals surface area (Å²) in [6.45, 7) is 1.44. The summed E-state index contributed by atoms with van der Waals surface area (Å²) in [6.07, 6.45) is 3.90. The monoisotopic (exact) mass is 301 g/mol. The number of nitrogens with one attached hydrogen (secondary N) is 1. The zero-order chi connectivity index (χ0) is 13.3. The molecular formula is C14H17Cl2NO2. The molecule has 3 nitrogen and oxygen atoms in total. The van der Waals surface area contributed by atoms with Gasteiger partial charge < -0.3 is 14.8 Å². The molecule has 0 radical (unpaired) electrons. The molecule has 104 valence electrons. The number of rotatable bonds is 2. The van der Waals surface area contributed by atoms with Gasteiger partial charge in [0.25, 0.3) is 0 Å². The summed E-state index contributed by atoms with van der Waals surface area (Å²) in [6, 6.07) is 6.06. The van der Waals surface area contributed by atoms with Crippen molar-refractivity contribution in [3.63, 3.8) is 0 Å². The largest absolute Gasteiger partial charge is 0.381 e. The minimum Gasteiger partial charge on any atom is -0.381 e. The summed E-state index contributed by atoms with van der Waals surface area (Å²) in [5, 5.41) is 4.65. The lowest BCUT2D eigenvalue weighted by molar-refractivity contribution is -0.177. The fourth-order valence-electron chi connectivity index (χ4n) is 2.82. The van der Waals surface area contributed by atoms with Gasteiger partial charge in [-0.3, -0.25) is 0 Å². The van der Waals surface area contributed by atoms with E-state index in [1.165, 1.54) is 0 Å². The first kappa shape index (κ1) is 13.5. The maximum absolute atomic E-state index is 6.19. The molecule has 1 aliphatic carbocycles. The fourth-order valence-corrected chi connectivity index (χ4v) is 3.18. The Balaban J connectivity index is 1.61. The van der Waals surface area contributed by atoms with E-state index in [9.17, 15) is 0 Å².